The minimum Gasteiger partial charge on any atom is -0.476 e. The topological polar surface area (TPSA) is 68.3 Å². The van der Waals surface area contributed by atoms with E-state index in [0.717, 1.165) is 11.8 Å². The number of hydrogen-bond donors (Lipinski definition) is 1. The molecule has 0 unspecified atom stereocenters. The SMILES string of the molecule is CC(C)c1cccnc1OCCNS(C)(=O)=O. The third-order valence-electron chi connectivity index (χ3n) is 2.13. The minimum atomic E-state index is -3.16. The molecule has 0 atom stereocenters. The average molecular weight is 258 g/mol. The number of pyridine rings is 1. The van der Waals surface area contributed by atoms with Gasteiger partial charge in [0.2, 0.25) is 15.9 Å². The summed E-state index contributed by atoms with van der Waals surface area (Å²) < 4.78 is 29.5. The molecular formula is C11H18N2O3S. The van der Waals surface area contributed by atoms with E-state index >= 15 is 0 Å². The van der Waals surface area contributed by atoms with E-state index in [2.05, 4.69) is 23.6 Å². The van der Waals surface area contributed by atoms with Crippen LogP contribution in [0.3, 0.4) is 0 Å². The molecule has 0 aliphatic carbocycles. The standard InChI is InChI=1S/C11H18N2O3S/c1-9(2)10-5-4-6-12-11(10)16-8-7-13-17(3,14)15/h4-6,9,13H,7-8H2,1-3H3. The summed E-state index contributed by atoms with van der Waals surface area (Å²) >= 11 is 0. The van der Waals surface area contributed by atoms with Crippen molar-refractivity contribution in [3.8, 4) is 5.88 Å². The molecule has 0 aliphatic heterocycles. The summed E-state index contributed by atoms with van der Waals surface area (Å²) in [5.74, 6) is 0.888. The molecule has 0 bridgehead atoms. The Hall–Kier alpha value is -1.14. The number of hydrogen-bond acceptors (Lipinski definition) is 4. The van der Waals surface area contributed by atoms with Crippen LogP contribution in [0.1, 0.15) is 25.3 Å². The molecule has 1 aromatic heterocycles. The molecule has 0 saturated heterocycles. The van der Waals surface area contributed by atoms with E-state index in [0.29, 0.717) is 11.8 Å². The Morgan fingerprint density at radius 2 is 2.18 bits per heavy atom. The third-order valence-corrected chi connectivity index (χ3v) is 2.86. The van der Waals surface area contributed by atoms with Crippen LogP contribution in [0.25, 0.3) is 0 Å². The van der Waals surface area contributed by atoms with Gasteiger partial charge in [-0.05, 0) is 12.0 Å². The molecule has 0 spiro atoms. The zero-order valence-corrected chi connectivity index (χ0v) is 11.1. The van der Waals surface area contributed by atoms with Gasteiger partial charge >= 0.3 is 0 Å². The molecule has 0 aliphatic rings. The molecule has 6 heteroatoms. The van der Waals surface area contributed by atoms with Crippen LogP contribution in [0.5, 0.6) is 5.88 Å². The number of rotatable bonds is 6. The molecule has 0 saturated carbocycles. The Morgan fingerprint density at radius 1 is 1.47 bits per heavy atom. The molecule has 96 valence electrons. The van der Waals surface area contributed by atoms with Crippen molar-refractivity contribution in [3.05, 3.63) is 23.9 Å². The summed E-state index contributed by atoms with van der Waals surface area (Å²) in [6.45, 7) is 4.62. The number of nitrogens with zero attached hydrogens (tertiary/aromatic N) is 1. The lowest BCUT2D eigenvalue weighted by Crippen LogP contribution is -2.27. The second kappa shape index (κ2) is 5.97. The van der Waals surface area contributed by atoms with Crippen molar-refractivity contribution in [3.63, 3.8) is 0 Å². The molecule has 1 aromatic rings. The van der Waals surface area contributed by atoms with Crippen LogP contribution in [0.2, 0.25) is 0 Å². The molecule has 1 rings (SSSR count). The lowest BCUT2D eigenvalue weighted by Gasteiger charge is -2.12. The van der Waals surface area contributed by atoms with Gasteiger partial charge in [-0.25, -0.2) is 18.1 Å². The number of sulfonamides is 1. The predicted octanol–water partition coefficient (Wildman–Crippen LogP) is 1.13. The van der Waals surface area contributed by atoms with E-state index in [1.54, 1.807) is 6.20 Å². The van der Waals surface area contributed by atoms with Gasteiger partial charge in [0.25, 0.3) is 0 Å². The minimum absolute atomic E-state index is 0.243. The molecule has 0 radical (unpaired) electrons. The molecule has 0 aromatic carbocycles. The lowest BCUT2D eigenvalue weighted by molar-refractivity contribution is 0.306. The van der Waals surface area contributed by atoms with E-state index in [1.165, 1.54) is 0 Å². The van der Waals surface area contributed by atoms with Gasteiger partial charge < -0.3 is 4.74 Å². The normalized spacial score (nSPS) is 11.8. The molecule has 17 heavy (non-hydrogen) atoms. The molecule has 1 heterocycles. The van der Waals surface area contributed by atoms with E-state index in [1.807, 2.05) is 12.1 Å². The van der Waals surface area contributed by atoms with Gasteiger partial charge in [0, 0.05) is 18.3 Å². The van der Waals surface area contributed by atoms with Gasteiger partial charge in [-0.1, -0.05) is 19.9 Å². The Morgan fingerprint density at radius 3 is 2.76 bits per heavy atom. The lowest BCUT2D eigenvalue weighted by atomic mass is 10.1. The first-order valence-electron chi connectivity index (χ1n) is 5.42. The van der Waals surface area contributed by atoms with Crippen LogP contribution in [0.4, 0.5) is 0 Å². The monoisotopic (exact) mass is 258 g/mol. The summed E-state index contributed by atoms with van der Waals surface area (Å²) in [7, 11) is -3.16. The summed E-state index contributed by atoms with van der Waals surface area (Å²) in [5.41, 5.74) is 1.02. The number of ether oxygens (including phenoxy) is 1. The second-order valence-electron chi connectivity index (χ2n) is 4.07. The summed E-state index contributed by atoms with van der Waals surface area (Å²) in [5, 5.41) is 0. The first kappa shape index (κ1) is 13.9. The number of aromatic nitrogens is 1. The largest absolute Gasteiger partial charge is 0.476 e. The first-order chi connectivity index (χ1) is 7.90. The Labute approximate surface area is 102 Å². The molecule has 0 amide bonds. The fraction of sp³-hybridized carbons (Fsp3) is 0.545. The highest BCUT2D eigenvalue weighted by Crippen LogP contribution is 2.22. The van der Waals surface area contributed by atoms with Crippen LogP contribution in [0.15, 0.2) is 18.3 Å². The summed E-state index contributed by atoms with van der Waals surface area (Å²) in [6, 6.07) is 3.81. The quantitative estimate of drug-likeness (QED) is 0.777. The zero-order chi connectivity index (χ0) is 12.9. The van der Waals surface area contributed by atoms with E-state index < -0.39 is 10.0 Å². The maximum absolute atomic E-state index is 10.8. The van der Waals surface area contributed by atoms with Crippen molar-refractivity contribution in [2.75, 3.05) is 19.4 Å². The smallest absolute Gasteiger partial charge is 0.216 e. The van der Waals surface area contributed by atoms with Crippen molar-refractivity contribution >= 4 is 10.0 Å². The van der Waals surface area contributed by atoms with Crippen molar-refractivity contribution in [2.45, 2.75) is 19.8 Å². The van der Waals surface area contributed by atoms with Crippen molar-refractivity contribution < 1.29 is 13.2 Å². The van der Waals surface area contributed by atoms with Crippen molar-refractivity contribution in [2.24, 2.45) is 0 Å². The van der Waals surface area contributed by atoms with E-state index in [4.69, 9.17) is 4.74 Å². The van der Waals surface area contributed by atoms with Crippen LogP contribution >= 0.6 is 0 Å². The Kier molecular flexibility index (Phi) is 4.89. The van der Waals surface area contributed by atoms with Crippen LogP contribution < -0.4 is 9.46 Å². The zero-order valence-electron chi connectivity index (χ0n) is 10.3. The highest BCUT2D eigenvalue weighted by atomic mass is 32.2. The van der Waals surface area contributed by atoms with Gasteiger partial charge in [-0.3, -0.25) is 0 Å². The first-order valence-corrected chi connectivity index (χ1v) is 7.31. The van der Waals surface area contributed by atoms with E-state index in [9.17, 15) is 8.42 Å². The van der Waals surface area contributed by atoms with Crippen LogP contribution in [-0.4, -0.2) is 32.8 Å². The van der Waals surface area contributed by atoms with Gasteiger partial charge in [-0.2, -0.15) is 0 Å². The Bertz CT molecular complexity index is 458. The van der Waals surface area contributed by atoms with Gasteiger partial charge in [-0.15, -0.1) is 0 Å². The Balaban J connectivity index is 2.52. The fourth-order valence-corrected chi connectivity index (χ4v) is 1.79. The van der Waals surface area contributed by atoms with Gasteiger partial charge in [0.15, 0.2) is 0 Å². The van der Waals surface area contributed by atoms with Crippen molar-refractivity contribution in [1.82, 2.24) is 9.71 Å². The summed E-state index contributed by atoms with van der Waals surface area (Å²) in [6.07, 6.45) is 2.78. The predicted molar refractivity (Wildman–Crippen MR) is 66.7 cm³/mol. The molecule has 1 N–H and O–H groups in total. The molecular weight excluding hydrogens is 240 g/mol. The average Bonchev–Trinajstić information content (AvgIpc) is 2.23. The highest BCUT2D eigenvalue weighted by Gasteiger charge is 2.08. The highest BCUT2D eigenvalue weighted by molar-refractivity contribution is 7.88. The molecule has 0 fully saturated rings. The third kappa shape index (κ3) is 5.14. The van der Waals surface area contributed by atoms with Crippen molar-refractivity contribution in [1.29, 1.82) is 0 Å². The molecule has 5 nitrogen and oxygen atoms in total. The van der Waals surface area contributed by atoms with Crippen LogP contribution in [-0.2, 0) is 10.0 Å². The van der Waals surface area contributed by atoms with Gasteiger partial charge in [0.1, 0.15) is 6.61 Å². The maximum Gasteiger partial charge on any atom is 0.216 e. The van der Waals surface area contributed by atoms with Crippen LogP contribution in [0, 0.1) is 0 Å². The van der Waals surface area contributed by atoms with E-state index in [-0.39, 0.29) is 13.2 Å². The fourth-order valence-electron chi connectivity index (χ4n) is 1.34. The maximum atomic E-state index is 10.8. The van der Waals surface area contributed by atoms with Gasteiger partial charge in [0.05, 0.1) is 6.26 Å². The summed E-state index contributed by atoms with van der Waals surface area (Å²) in [4.78, 5) is 4.13. The second-order valence-corrected chi connectivity index (χ2v) is 5.90. The number of nitrogens with one attached hydrogen (secondary N) is 1.